The summed E-state index contributed by atoms with van der Waals surface area (Å²) in [5, 5.41) is 0. The maximum Gasteiger partial charge on any atom is 0.305 e. The van der Waals surface area contributed by atoms with Crippen molar-refractivity contribution >= 4 is 19.3 Å². The van der Waals surface area contributed by atoms with Gasteiger partial charge < -0.3 is 9.47 Å². The summed E-state index contributed by atoms with van der Waals surface area (Å²) >= 11 is 0. The molecule has 1 aromatic rings. The fraction of sp³-hybridized carbons (Fsp3) is 0.471. The molecule has 0 radical (unpaired) electrons. The maximum absolute atomic E-state index is 11.2. The smallest absolute Gasteiger partial charge is 0.305 e. The van der Waals surface area contributed by atoms with Gasteiger partial charge in [-0.05, 0) is 42.3 Å². The number of ether oxygens (including phenoxy) is 2. The third-order valence-electron chi connectivity index (χ3n) is 3.88. The van der Waals surface area contributed by atoms with E-state index in [1.54, 1.807) is 0 Å². The molecular weight excluding hydrogens is 263 g/mol. The Morgan fingerprint density at radius 2 is 2.19 bits per heavy atom. The number of carbonyl (C=O) groups is 1. The highest BCUT2D eigenvalue weighted by atomic mass is 16.5. The first-order chi connectivity index (χ1) is 10.1. The quantitative estimate of drug-likeness (QED) is 0.454. The topological polar surface area (TPSA) is 35.5 Å². The lowest BCUT2D eigenvalue weighted by molar-refractivity contribution is -0.140. The first-order valence-electron chi connectivity index (χ1n) is 7.60. The molecule has 0 N–H and O–H groups in total. The summed E-state index contributed by atoms with van der Waals surface area (Å²) < 4.78 is 10.9. The zero-order valence-electron chi connectivity index (χ0n) is 13.1. The van der Waals surface area contributed by atoms with Crippen LogP contribution in [-0.4, -0.2) is 27.0 Å². The highest BCUT2D eigenvalue weighted by molar-refractivity contribution is 6.34. The second-order valence-corrected chi connectivity index (χ2v) is 5.75. The van der Waals surface area contributed by atoms with E-state index in [-0.39, 0.29) is 12.1 Å². The molecule has 2 atom stereocenters. The lowest BCUT2D eigenvalue weighted by atomic mass is 9.91. The zero-order valence-corrected chi connectivity index (χ0v) is 13.1. The van der Waals surface area contributed by atoms with Gasteiger partial charge in [-0.15, -0.1) is 0 Å². The first-order valence-corrected chi connectivity index (χ1v) is 7.60. The number of allylic oxidation sites excluding steroid dienone is 1. The summed E-state index contributed by atoms with van der Waals surface area (Å²) in [4.78, 5) is 11.2. The van der Waals surface area contributed by atoms with Crippen molar-refractivity contribution in [1.29, 1.82) is 0 Å². The van der Waals surface area contributed by atoms with Gasteiger partial charge in [0.2, 0.25) is 0 Å². The lowest BCUT2D eigenvalue weighted by Crippen LogP contribution is -2.19. The van der Waals surface area contributed by atoms with Crippen molar-refractivity contribution in [2.24, 2.45) is 5.92 Å². The Hall–Kier alpha value is -1.71. The minimum absolute atomic E-state index is 0.155. The second kappa shape index (κ2) is 7.35. The Labute approximate surface area is 127 Å². The van der Waals surface area contributed by atoms with Crippen LogP contribution in [0.2, 0.25) is 0 Å². The van der Waals surface area contributed by atoms with Crippen LogP contribution >= 0.6 is 0 Å². The van der Waals surface area contributed by atoms with Gasteiger partial charge in [0.15, 0.2) is 0 Å². The molecule has 0 spiro atoms. The number of aryl methyl sites for hydroxylation is 1. The van der Waals surface area contributed by atoms with Gasteiger partial charge in [0.1, 0.15) is 19.7 Å². The van der Waals surface area contributed by atoms with E-state index in [1.165, 1.54) is 12.7 Å². The summed E-state index contributed by atoms with van der Waals surface area (Å²) in [6.07, 6.45) is 7.62. The van der Waals surface area contributed by atoms with E-state index < -0.39 is 0 Å². The number of para-hydroxylation sites is 1. The van der Waals surface area contributed by atoms with Gasteiger partial charge in [0.25, 0.3) is 0 Å². The van der Waals surface area contributed by atoms with Crippen LogP contribution in [0.5, 0.6) is 5.75 Å². The van der Waals surface area contributed by atoms with E-state index in [1.807, 2.05) is 6.07 Å². The zero-order chi connectivity index (χ0) is 15.2. The average Bonchev–Trinajstić information content (AvgIpc) is 2.87. The molecule has 0 saturated heterocycles. The van der Waals surface area contributed by atoms with Crippen LogP contribution in [0.15, 0.2) is 30.4 Å². The molecule has 2 rings (SSSR count). The Balaban J connectivity index is 2.02. The molecule has 0 aliphatic heterocycles. The van der Waals surface area contributed by atoms with Crippen molar-refractivity contribution in [3.63, 3.8) is 0 Å². The van der Waals surface area contributed by atoms with Crippen molar-refractivity contribution in [2.45, 2.75) is 38.7 Å². The van der Waals surface area contributed by atoms with Crippen LogP contribution in [0.1, 0.15) is 31.7 Å². The number of carbonyl (C=O) groups excluding carboxylic acids is 1. The molecule has 1 aliphatic carbocycles. The van der Waals surface area contributed by atoms with Crippen LogP contribution in [0.3, 0.4) is 0 Å². The van der Waals surface area contributed by atoms with E-state index in [4.69, 9.17) is 4.74 Å². The maximum atomic E-state index is 11.2. The van der Waals surface area contributed by atoms with Crippen LogP contribution in [-0.2, 0) is 16.0 Å². The molecule has 0 saturated carbocycles. The fourth-order valence-corrected chi connectivity index (χ4v) is 2.68. The molecule has 1 aliphatic rings. The van der Waals surface area contributed by atoms with Gasteiger partial charge in [0.05, 0.1) is 7.11 Å². The van der Waals surface area contributed by atoms with Crippen LogP contribution in [0.4, 0.5) is 0 Å². The average molecular weight is 286 g/mol. The minimum Gasteiger partial charge on any atom is -0.487 e. The Morgan fingerprint density at radius 3 is 2.86 bits per heavy atom. The summed E-state index contributed by atoms with van der Waals surface area (Å²) in [5.74, 6) is 1.41. The standard InChI is InChI=1S/C17H23BO3/c1-12-9-10-14(11-12)21-17-13(5-3-7-15(17)18)6-4-8-16(19)20-2/h3,5,7,9-10,12,14H,4,6,8,11,18H2,1-2H3/t12-,14+/m0/s1. The number of esters is 1. The number of hydrogen-bond donors (Lipinski definition) is 0. The number of hydrogen-bond acceptors (Lipinski definition) is 3. The van der Waals surface area contributed by atoms with E-state index >= 15 is 0 Å². The highest BCUT2D eigenvalue weighted by Crippen LogP contribution is 2.25. The molecule has 3 nitrogen and oxygen atoms in total. The predicted octanol–water partition coefficient (Wildman–Crippen LogP) is 1.78. The fourth-order valence-electron chi connectivity index (χ4n) is 2.68. The Bertz CT molecular complexity index is 525. The molecule has 1 aromatic carbocycles. The summed E-state index contributed by atoms with van der Waals surface area (Å²) in [7, 11) is 3.50. The molecule has 4 heteroatoms. The summed E-state index contributed by atoms with van der Waals surface area (Å²) in [6.45, 7) is 2.20. The first kappa shape index (κ1) is 15.7. The Morgan fingerprint density at radius 1 is 1.38 bits per heavy atom. The van der Waals surface area contributed by atoms with Crippen LogP contribution in [0.25, 0.3) is 0 Å². The third kappa shape index (κ3) is 4.38. The normalized spacial score (nSPS) is 20.5. The number of methoxy groups -OCH3 is 1. The SMILES string of the molecule is Bc1cccc(CCCC(=O)OC)c1O[C@@H]1C=C[C@H](C)C1. The highest BCUT2D eigenvalue weighted by Gasteiger charge is 2.18. The van der Waals surface area contributed by atoms with Crippen molar-refractivity contribution in [3.8, 4) is 5.75 Å². The molecule has 0 aromatic heterocycles. The van der Waals surface area contributed by atoms with Gasteiger partial charge in [0, 0.05) is 6.42 Å². The van der Waals surface area contributed by atoms with Crippen molar-refractivity contribution in [2.75, 3.05) is 7.11 Å². The Kier molecular flexibility index (Phi) is 5.48. The summed E-state index contributed by atoms with van der Waals surface area (Å²) in [5.41, 5.74) is 2.32. The van der Waals surface area contributed by atoms with E-state index in [2.05, 4.69) is 43.8 Å². The van der Waals surface area contributed by atoms with Crippen molar-refractivity contribution < 1.29 is 14.3 Å². The van der Waals surface area contributed by atoms with Crippen LogP contribution < -0.4 is 10.2 Å². The van der Waals surface area contributed by atoms with Gasteiger partial charge >= 0.3 is 5.97 Å². The second-order valence-electron chi connectivity index (χ2n) is 5.75. The molecule has 0 fully saturated rings. The van der Waals surface area contributed by atoms with Gasteiger partial charge in [-0.25, -0.2) is 0 Å². The minimum atomic E-state index is -0.155. The number of rotatable bonds is 6. The van der Waals surface area contributed by atoms with Gasteiger partial charge in [-0.2, -0.15) is 0 Å². The van der Waals surface area contributed by atoms with Gasteiger partial charge in [-0.3, -0.25) is 4.79 Å². The predicted molar refractivity (Wildman–Crippen MR) is 86.9 cm³/mol. The monoisotopic (exact) mass is 286 g/mol. The van der Waals surface area contributed by atoms with Crippen molar-refractivity contribution in [3.05, 3.63) is 35.9 Å². The van der Waals surface area contributed by atoms with E-state index in [9.17, 15) is 4.79 Å². The molecular formula is C17H23BO3. The van der Waals surface area contributed by atoms with Gasteiger partial charge in [-0.1, -0.05) is 31.2 Å². The largest absolute Gasteiger partial charge is 0.487 e. The molecule has 0 heterocycles. The molecule has 112 valence electrons. The lowest BCUT2D eigenvalue weighted by Gasteiger charge is -2.18. The van der Waals surface area contributed by atoms with Crippen LogP contribution in [0, 0.1) is 5.92 Å². The third-order valence-corrected chi connectivity index (χ3v) is 3.88. The number of benzene rings is 1. The van der Waals surface area contributed by atoms with Crippen molar-refractivity contribution in [1.82, 2.24) is 0 Å². The molecule has 21 heavy (non-hydrogen) atoms. The summed E-state index contributed by atoms with van der Waals surface area (Å²) in [6, 6.07) is 6.20. The van der Waals surface area contributed by atoms with E-state index in [0.717, 1.165) is 30.5 Å². The van der Waals surface area contributed by atoms with E-state index in [0.29, 0.717) is 12.3 Å². The molecule has 0 bridgehead atoms. The molecule has 0 unspecified atom stereocenters. The molecule has 0 amide bonds.